The largest absolute Gasteiger partial charge is 0.372 e. The van der Waals surface area contributed by atoms with Crippen LogP contribution in [-0.2, 0) is 4.74 Å². The van der Waals surface area contributed by atoms with Crippen LogP contribution in [0.25, 0.3) is 5.69 Å². The minimum absolute atomic E-state index is 0.0241. The van der Waals surface area contributed by atoms with E-state index in [9.17, 15) is 9.18 Å². The van der Waals surface area contributed by atoms with E-state index < -0.39 is 0 Å². The molecule has 3 rings (SSSR count). The summed E-state index contributed by atoms with van der Waals surface area (Å²) in [5.41, 5.74) is 1.52. The van der Waals surface area contributed by atoms with Gasteiger partial charge >= 0.3 is 0 Å². The number of nitrogens with zero attached hydrogens (tertiary/aromatic N) is 3. The second kappa shape index (κ2) is 6.53. The van der Waals surface area contributed by atoms with E-state index in [1.807, 2.05) is 13.8 Å². The average Bonchev–Trinajstić information content (AvgIpc) is 2.81. The van der Waals surface area contributed by atoms with Gasteiger partial charge in [0.2, 0.25) is 0 Å². The van der Waals surface area contributed by atoms with E-state index in [4.69, 9.17) is 16.3 Å². The van der Waals surface area contributed by atoms with Crippen LogP contribution in [0.5, 0.6) is 0 Å². The summed E-state index contributed by atoms with van der Waals surface area (Å²) in [7, 11) is 0. The molecule has 5 nitrogen and oxygen atoms in total. The van der Waals surface area contributed by atoms with Crippen LogP contribution in [0.1, 0.15) is 29.9 Å². The van der Waals surface area contributed by atoms with Crippen molar-refractivity contribution in [2.45, 2.75) is 33.0 Å². The van der Waals surface area contributed by atoms with Gasteiger partial charge in [0.05, 0.1) is 29.2 Å². The highest BCUT2D eigenvalue weighted by atomic mass is 35.5. The van der Waals surface area contributed by atoms with E-state index >= 15 is 0 Å². The van der Waals surface area contributed by atoms with Crippen molar-refractivity contribution in [1.29, 1.82) is 0 Å². The molecule has 7 heteroatoms. The van der Waals surface area contributed by atoms with Crippen molar-refractivity contribution in [2.75, 3.05) is 13.1 Å². The molecule has 1 fully saturated rings. The molecule has 0 unspecified atom stereocenters. The number of halogens is 2. The Morgan fingerprint density at radius 2 is 1.83 bits per heavy atom. The first-order valence-electron chi connectivity index (χ1n) is 7.82. The van der Waals surface area contributed by atoms with E-state index in [0.717, 1.165) is 0 Å². The van der Waals surface area contributed by atoms with E-state index in [-0.39, 0.29) is 29.1 Å². The molecule has 1 amide bonds. The standard InChI is InChI=1S/C17H19ClFN3O2/c1-10-8-21(9-11(2)24-10)17(23)15-12(3)20-22(16(15)18)14-6-4-13(19)5-7-14/h4-7,10-11H,8-9H2,1-3H3/t10-,11+. The normalized spacial score (nSPS) is 21.1. The number of carbonyl (C=O) groups is 1. The lowest BCUT2D eigenvalue weighted by Gasteiger charge is -2.35. The third-order valence-electron chi connectivity index (χ3n) is 4.00. The lowest BCUT2D eigenvalue weighted by Crippen LogP contribution is -2.48. The summed E-state index contributed by atoms with van der Waals surface area (Å²) in [5, 5.41) is 4.58. The first-order chi connectivity index (χ1) is 11.4. The van der Waals surface area contributed by atoms with Crippen molar-refractivity contribution in [3.8, 4) is 5.69 Å². The molecule has 0 spiro atoms. The maximum absolute atomic E-state index is 13.1. The average molecular weight is 352 g/mol. The first kappa shape index (κ1) is 16.9. The fourth-order valence-electron chi connectivity index (χ4n) is 3.00. The zero-order valence-electron chi connectivity index (χ0n) is 13.8. The monoisotopic (exact) mass is 351 g/mol. The number of amides is 1. The Labute approximate surface area is 145 Å². The minimum Gasteiger partial charge on any atom is -0.372 e. The molecule has 0 N–H and O–H groups in total. The van der Waals surface area contributed by atoms with Crippen molar-refractivity contribution in [3.05, 3.63) is 46.5 Å². The fraction of sp³-hybridized carbons (Fsp3) is 0.412. The van der Waals surface area contributed by atoms with Gasteiger partial charge in [-0.05, 0) is 45.0 Å². The molecule has 0 saturated carbocycles. The maximum Gasteiger partial charge on any atom is 0.259 e. The Morgan fingerprint density at radius 1 is 1.25 bits per heavy atom. The Morgan fingerprint density at radius 3 is 2.42 bits per heavy atom. The second-order valence-electron chi connectivity index (χ2n) is 6.11. The predicted octanol–water partition coefficient (Wildman–Crippen LogP) is 3.22. The number of aromatic nitrogens is 2. The lowest BCUT2D eigenvalue weighted by molar-refractivity contribution is -0.0586. The van der Waals surface area contributed by atoms with Crippen LogP contribution in [0, 0.1) is 12.7 Å². The molecular formula is C17H19ClFN3O2. The maximum atomic E-state index is 13.1. The molecular weight excluding hydrogens is 333 g/mol. The number of ether oxygens (including phenoxy) is 1. The van der Waals surface area contributed by atoms with Crippen LogP contribution < -0.4 is 0 Å². The Kier molecular flexibility index (Phi) is 4.60. The molecule has 2 aromatic rings. The van der Waals surface area contributed by atoms with E-state index in [1.165, 1.54) is 16.8 Å². The molecule has 24 heavy (non-hydrogen) atoms. The molecule has 0 aliphatic carbocycles. The summed E-state index contributed by atoms with van der Waals surface area (Å²) >= 11 is 6.42. The Bertz CT molecular complexity index is 750. The van der Waals surface area contributed by atoms with E-state index in [2.05, 4.69) is 5.10 Å². The molecule has 2 atom stereocenters. The summed E-state index contributed by atoms with van der Waals surface area (Å²) in [6.07, 6.45) is -0.0483. The van der Waals surface area contributed by atoms with Gasteiger partial charge in [-0.1, -0.05) is 11.6 Å². The number of carbonyl (C=O) groups excluding carboxylic acids is 1. The molecule has 2 heterocycles. The smallest absolute Gasteiger partial charge is 0.259 e. The molecule has 128 valence electrons. The van der Waals surface area contributed by atoms with Crippen LogP contribution in [0.2, 0.25) is 5.15 Å². The van der Waals surface area contributed by atoms with Crippen LogP contribution in [0.15, 0.2) is 24.3 Å². The number of hydrogen-bond acceptors (Lipinski definition) is 3. The van der Waals surface area contributed by atoms with Gasteiger partial charge in [-0.25, -0.2) is 9.07 Å². The zero-order valence-corrected chi connectivity index (χ0v) is 14.5. The second-order valence-corrected chi connectivity index (χ2v) is 6.46. The summed E-state index contributed by atoms with van der Waals surface area (Å²) in [5.74, 6) is -0.501. The van der Waals surface area contributed by atoms with Crippen LogP contribution in [0.3, 0.4) is 0 Å². The minimum atomic E-state index is -0.341. The van der Waals surface area contributed by atoms with Gasteiger partial charge < -0.3 is 9.64 Å². The van der Waals surface area contributed by atoms with Crippen molar-refractivity contribution in [1.82, 2.24) is 14.7 Å². The summed E-state index contributed by atoms with van der Waals surface area (Å²) < 4.78 is 20.2. The van der Waals surface area contributed by atoms with Gasteiger partial charge in [-0.3, -0.25) is 4.79 Å². The third-order valence-corrected chi connectivity index (χ3v) is 4.35. The van der Waals surface area contributed by atoms with Gasteiger partial charge in [0.1, 0.15) is 11.0 Å². The molecule has 1 aromatic heterocycles. The van der Waals surface area contributed by atoms with Gasteiger partial charge in [-0.15, -0.1) is 0 Å². The topological polar surface area (TPSA) is 47.4 Å². The molecule has 0 bridgehead atoms. The van der Waals surface area contributed by atoms with Crippen molar-refractivity contribution >= 4 is 17.5 Å². The van der Waals surface area contributed by atoms with Crippen LogP contribution in [-0.4, -0.2) is 45.9 Å². The molecule has 1 aliphatic heterocycles. The predicted molar refractivity (Wildman–Crippen MR) is 89.2 cm³/mol. The highest BCUT2D eigenvalue weighted by molar-refractivity contribution is 6.33. The number of benzene rings is 1. The SMILES string of the molecule is Cc1nn(-c2ccc(F)cc2)c(Cl)c1C(=O)N1C[C@@H](C)O[C@@H](C)C1. The van der Waals surface area contributed by atoms with Gasteiger partial charge in [0.25, 0.3) is 5.91 Å². The van der Waals surface area contributed by atoms with Crippen molar-refractivity contribution in [3.63, 3.8) is 0 Å². The zero-order chi connectivity index (χ0) is 17.4. The van der Waals surface area contributed by atoms with Crippen molar-refractivity contribution in [2.24, 2.45) is 0 Å². The number of rotatable bonds is 2. The molecule has 1 saturated heterocycles. The number of hydrogen-bond donors (Lipinski definition) is 0. The Balaban J connectivity index is 1.94. The lowest BCUT2D eigenvalue weighted by atomic mass is 10.1. The van der Waals surface area contributed by atoms with Crippen LogP contribution >= 0.6 is 11.6 Å². The van der Waals surface area contributed by atoms with Gasteiger partial charge in [0, 0.05) is 13.1 Å². The van der Waals surface area contributed by atoms with Crippen molar-refractivity contribution < 1.29 is 13.9 Å². The highest BCUT2D eigenvalue weighted by Crippen LogP contribution is 2.26. The number of aryl methyl sites for hydroxylation is 1. The van der Waals surface area contributed by atoms with Crippen LogP contribution in [0.4, 0.5) is 4.39 Å². The molecule has 1 aliphatic rings. The summed E-state index contributed by atoms with van der Waals surface area (Å²) in [6, 6.07) is 5.80. The third kappa shape index (κ3) is 3.16. The highest BCUT2D eigenvalue weighted by Gasteiger charge is 2.30. The Hall–Kier alpha value is -1.92. The fourth-order valence-corrected chi connectivity index (χ4v) is 3.35. The summed E-state index contributed by atoms with van der Waals surface area (Å²) in [4.78, 5) is 14.6. The first-order valence-corrected chi connectivity index (χ1v) is 8.20. The van der Waals surface area contributed by atoms with E-state index in [0.29, 0.717) is 30.0 Å². The van der Waals surface area contributed by atoms with E-state index in [1.54, 1.807) is 24.0 Å². The number of morpholine rings is 1. The van der Waals surface area contributed by atoms with Gasteiger partial charge in [-0.2, -0.15) is 5.10 Å². The van der Waals surface area contributed by atoms with Gasteiger partial charge in [0.15, 0.2) is 0 Å². The quantitative estimate of drug-likeness (QED) is 0.834. The molecule has 0 radical (unpaired) electrons. The molecule has 1 aromatic carbocycles. The summed E-state index contributed by atoms with van der Waals surface area (Å²) in [6.45, 7) is 6.65.